The molecule has 0 aromatic carbocycles. The molecule has 1 saturated heterocycles. The summed E-state index contributed by atoms with van der Waals surface area (Å²) < 4.78 is 5.43. The summed E-state index contributed by atoms with van der Waals surface area (Å²) in [5.74, 6) is 0.100. The molecule has 0 amide bonds. The molecule has 1 aliphatic heterocycles. The summed E-state index contributed by atoms with van der Waals surface area (Å²) in [7, 11) is 2.09. The van der Waals surface area contributed by atoms with Crippen LogP contribution in [0.1, 0.15) is 20.3 Å². The maximum Gasteiger partial charge on any atom is 0.0666 e. The normalized spacial score (nSPS) is 25.1. The average Bonchev–Trinajstić information content (AvgIpc) is 2.30. The molecule has 0 radical (unpaired) electrons. The highest BCUT2D eigenvalue weighted by Crippen LogP contribution is 2.09. The van der Waals surface area contributed by atoms with Crippen molar-refractivity contribution in [3.8, 4) is 6.07 Å². The Bertz CT molecular complexity index is 233. The monoisotopic (exact) mass is 225 g/mol. The number of ether oxygens (including phenoxy) is 1. The van der Waals surface area contributed by atoms with Crippen LogP contribution in [-0.4, -0.2) is 50.3 Å². The van der Waals surface area contributed by atoms with Crippen molar-refractivity contribution in [3.63, 3.8) is 0 Å². The van der Waals surface area contributed by atoms with Gasteiger partial charge in [-0.3, -0.25) is 0 Å². The predicted molar refractivity (Wildman–Crippen MR) is 64.1 cm³/mol. The first-order valence-electron chi connectivity index (χ1n) is 6.04. The van der Waals surface area contributed by atoms with E-state index in [1.807, 2.05) is 6.92 Å². The standard InChI is InChI=1S/C12H23N3O/c1-10(7-13)8-15(3)11(2)6-12-9-16-5-4-14-12/h10-12,14H,4-6,8-9H2,1-3H3. The Hall–Kier alpha value is -0.630. The maximum absolute atomic E-state index is 8.78. The number of rotatable bonds is 5. The fourth-order valence-corrected chi connectivity index (χ4v) is 2.02. The minimum absolute atomic E-state index is 0.100. The molecule has 0 spiro atoms. The lowest BCUT2D eigenvalue weighted by Crippen LogP contribution is -2.45. The Kier molecular flexibility index (Phi) is 5.75. The third kappa shape index (κ3) is 4.48. The minimum atomic E-state index is 0.100. The lowest BCUT2D eigenvalue weighted by Gasteiger charge is -2.31. The van der Waals surface area contributed by atoms with E-state index in [9.17, 15) is 0 Å². The van der Waals surface area contributed by atoms with Crippen molar-refractivity contribution in [2.75, 3.05) is 33.4 Å². The number of nitriles is 1. The van der Waals surface area contributed by atoms with Gasteiger partial charge in [0.1, 0.15) is 0 Å². The molecular formula is C12H23N3O. The Morgan fingerprint density at radius 2 is 2.31 bits per heavy atom. The van der Waals surface area contributed by atoms with Crippen molar-refractivity contribution in [1.29, 1.82) is 5.26 Å². The second-order valence-corrected chi connectivity index (χ2v) is 4.78. The molecule has 16 heavy (non-hydrogen) atoms. The first-order valence-corrected chi connectivity index (χ1v) is 6.04. The van der Waals surface area contributed by atoms with Crippen LogP contribution in [0.5, 0.6) is 0 Å². The highest BCUT2D eigenvalue weighted by molar-refractivity contribution is 4.83. The second-order valence-electron chi connectivity index (χ2n) is 4.78. The Labute approximate surface area is 98.6 Å². The van der Waals surface area contributed by atoms with Crippen molar-refractivity contribution < 1.29 is 4.74 Å². The van der Waals surface area contributed by atoms with E-state index in [0.29, 0.717) is 12.1 Å². The highest BCUT2D eigenvalue weighted by atomic mass is 16.5. The third-order valence-electron chi connectivity index (χ3n) is 3.16. The van der Waals surface area contributed by atoms with Gasteiger partial charge in [-0.25, -0.2) is 0 Å². The zero-order valence-electron chi connectivity index (χ0n) is 10.6. The van der Waals surface area contributed by atoms with Crippen LogP contribution in [0.15, 0.2) is 0 Å². The number of hydrogen-bond donors (Lipinski definition) is 1. The van der Waals surface area contributed by atoms with E-state index in [-0.39, 0.29) is 5.92 Å². The van der Waals surface area contributed by atoms with Crippen LogP contribution < -0.4 is 5.32 Å². The molecular weight excluding hydrogens is 202 g/mol. The van der Waals surface area contributed by atoms with E-state index in [1.165, 1.54) is 0 Å². The van der Waals surface area contributed by atoms with Crippen LogP contribution in [0, 0.1) is 17.2 Å². The first kappa shape index (κ1) is 13.4. The minimum Gasteiger partial charge on any atom is -0.379 e. The number of nitrogens with one attached hydrogen (secondary N) is 1. The van der Waals surface area contributed by atoms with Crippen LogP contribution in [-0.2, 0) is 4.74 Å². The van der Waals surface area contributed by atoms with Gasteiger partial charge < -0.3 is 15.0 Å². The highest BCUT2D eigenvalue weighted by Gasteiger charge is 2.19. The fraction of sp³-hybridized carbons (Fsp3) is 0.917. The van der Waals surface area contributed by atoms with Gasteiger partial charge in [-0.05, 0) is 27.3 Å². The van der Waals surface area contributed by atoms with Gasteiger partial charge in [0.05, 0.1) is 25.2 Å². The smallest absolute Gasteiger partial charge is 0.0666 e. The molecule has 4 nitrogen and oxygen atoms in total. The largest absolute Gasteiger partial charge is 0.379 e. The first-order chi connectivity index (χ1) is 7.63. The molecule has 4 heteroatoms. The topological polar surface area (TPSA) is 48.3 Å². The molecule has 1 aliphatic rings. The Morgan fingerprint density at radius 3 is 2.88 bits per heavy atom. The van der Waals surface area contributed by atoms with Crippen molar-refractivity contribution in [2.45, 2.75) is 32.4 Å². The average molecular weight is 225 g/mol. The van der Waals surface area contributed by atoms with E-state index in [4.69, 9.17) is 10.00 Å². The van der Waals surface area contributed by atoms with Gasteiger partial charge in [0, 0.05) is 25.2 Å². The molecule has 3 unspecified atom stereocenters. The van der Waals surface area contributed by atoms with Crippen LogP contribution in [0.3, 0.4) is 0 Å². The van der Waals surface area contributed by atoms with Gasteiger partial charge in [0.15, 0.2) is 0 Å². The summed E-state index contributed by atoms with van der Waals surface area (Å²) in [5.41, 5.74) is 0. The van der Waals surface area contributed by atoms with Crippen molar-refractivity contribution in [1.82, 2.24) is 10.2 Å². The van der Waals surface area contributed by atoms with Gasteiger partial charge in [-0.2, -0.15) is 5.26 Å². The van der Waals surface area contributed by atoms with Gasteiger partial charge in [0.2, 0.25) is 0 Å². The summed E-state index contributed by atoms with van der Waals surface area (Å²) >= 11 is 0. The fourth-order valence-electron chi connectivity index (χ4n) is 2.02. The summed E-state index contributed by atoms with van der Waals surface area (Å²) in [4.78, 5) is 2.25. The summed E-state index contributed by atoms with van der Waals surface area (Å²) in [6, 6.07) is 3.22. The lowest BCUT2D eigenvalue weighted by atomic mass is 10.1. The molecule has 1 rings (SSSR count). The summed E-state index contributed by atoms with van der Waals surface area (Å²) in [6.45, 7) is 7.60. The number of nitrogens with zero attached hydrogens (tertiary/aromatic N) is 2. The van der Waals surface area contributed by atoms with Gasteiger partial charge in [-0.1, -0.05) is 0 Å². The zero-order chi connectivity index (χ0) is 12.0. The van der Waals surface area contributed by atoms with E-state index < -0.39 is 0 Å². The Morgan fingerprint density at radius 1 is 1.56 bits per heavy atom. The van der Waals surface area contributed by atoms with Crippen LogP contribution in [0.2, 0.25) is 0 Å². The van der Waals surface area contributed by atoms with Crippen LogP contribution in [0.4, 0.5) is 0 Å². The molecule has 0 aromatic heterocycles. The van der Waals surface area contributed by atoms with Gasteiger partial charge >= 0.3 is 0 Å². The SMILES string of the molecule is CC(C#N)CN(C)C(C)CC1COCCN1. The van der Waals surface area contributed by atoms with Crippen molar-refractivity contribution >= 4 is 0 Å². The molecule has 1 heterocycles. The molecule has 0 saturated carbocycles. The van der Waals surface area contributed by atoms with Crippen molar-refractivity contribution in [2.24, 2.45) is 5.92 Å². The van der Waals surface area contributed by atoms with Crippen LogP contribution >= 0.6 is 0 Å². The van der Waals surface area contributed by atoms with E-state index in [2.05, 4.69) is 30.3 Å². The zero-order valence-corrected chi connectivity index (χ0v) is 10.6. The molecule has 1 N–H and O–H groups in total. The van der Waals surface area contributed by atoms with Gasteiger partial charge in [0.25, 0.3) is 0 Å². The molecule has 0 aliphatic carbocycles. The molecule has 1 fully saturated rings. The van der Waals surface area contributed by atoms with E-state index in [1.54, 1.807) is 0 Å². The van der Waals surface area contributed by atoms with E-state index in [0.717, 1.165) is 32.7 Å². The quantitative estimate of drug-likeness (QED) is 0.753. The Balaban J connectivity index is 2.27. The summed E-state index contributed by atoms with van der Waals surface area (Å²) in [5, 5.41) is 12.2. The van der Waals surface area contributed by atoms with Crippen molar-refractivity contribution in [3.05, 3.63) is 0 Å². The van der Waals surface area contributed by atoms with E-state index >= 15 is 0 Å². The van der Waals surface area contributed by atoms with Crippen LogP contribution in [0.25, 0.3) is 0 Å². The number of morpholine rings is 1. The maximum atomic E-state index is 8.78. The number of hydrogen-bond acceptors (Lipinski definition) is 4. The van der Waals surface area contributed by atoms with Gasteiger partial charge in [-0.15, -0.1) is 0 Å². The second kappa shape index (κ2) is 6.85. The molecule has 0 aromatic rings. The molecule has 3 atom stereocenters. The molecule has 92 valence electrons. The summed E-state index contributed by atoms with van der Waals surface area (Å²) in [6.07, 6.45) is 1.08. The third-order valence-corrected chi connectivity index (χ3v) is 3.16. The predicted octanol–water partition coefficient (Wildman–Crippen LogP) is 0.845. The molecule has 0 bridgehead atoms. The lowest BCUT2D eigenvalue weighted by molar-refractivity contribution is 0.0639.